The van der Waals surface area contributed by atoms with E-state index < -0.39 is 0 Å². The highest BCUT2D eigenvalue weighted by atomic mass is 16.3. The number of piperidine rings is 1. The molecule has 152 valence electrons. The van der Waals surface area contributed by atoms with E-state index in [1.807, 2.05) is 18.6 Å². The average Bonchev–Trinajstić information content (AvgIpc) is 3.14. The number of anilines is 3. The molecule has 0 bridgehead atoms. The van der Waals surface area contributed by atoms with Gasteiger partial charge in [-0.1, -0.05) is 0 Å². The normalized spacial score (nSPS) is 16.9. The quantitative estimate of drug-likeness (QED) is 0.488. The molecule has 3 aromatic rings. The van der Waals surface area contributed by atoms with Gasteiger partial charge in [-0.3, -0.25) is 0 Å². The summed E-state index contributed by atoms with van der Waals surface area (Å²) in [6.07, 6.45) is 9.65. The number of aliphatic hydroxyl groups is 1. The molecular weight excluding hydrogens is 367 g/mol. The summed E-state index contributed by atoms with van der Waals surface area (Å²) in [6.45, 7) is 1.74. The third-order valence-corrected chi connectivity index (χ3v) is 5.42. The van der Waals surface area contributed by atoms with Crippen LogP contribution in [0.2, 0.25) is 0 Å². The van der Waals surface area contributed by atoms with Crippen LogP contribution in [-0.2, 0) is 6.54 Å². The molecule has 10 heteroatoms. The molecule has 3 N–H and O–H groups in total. The van der Waals surface area contributed by atoms with Crippen molar-refractivity contribution in [1.82, 2.24) is 24.6 Å². The topological polar surface area (TPSA) is 104 Å². The Hall–Kier alpha value is -2.88. The molecule has 1 saturated heterocycles. The number of fused-ring (bicyclic) bond motifs is 1. The molecule has 4 rings (SSSR count). The summed E-state index contributed by atoms with van der Waals surface area (Å²) in [4.78, 5) is 15.8. The van der Waals surface area contributed by atoms with Gasteiger partial charge >= 0.3 is 0 Å². The molecular formula is C19H27BN8O. The first-order chi connectivity index (χ1) is 14.2. The van der Waals surface area contributed by atoms with E-state index in [1.165, 1.54) is 6.42 Å². The second-order valence-corrected chi connectivity index (χ2v) is 7.44. The highest BCUT2D eigenvalue weighted by Gasteiger charge is 2.24. The monoisotopic (exact) mass is 394 g/mol. The lowest BCUT2D eigenvalue weighted by atomic mass is 9.99. The molecule has 1 aliphatic heterocycles. The molecule has 0 saturated carbocycles. The second kappa shape index (κ2) is 8.65. The van der Waals surface area contributed by atoms with E-state index in [0.717, 1.165) is 54.1 Å². The molecule has 9 nitrogen and oxygen atoms in total. The van der Waals surface area contributed by atoms with E-state index in [4.69, 9.17) is 4.98 Å². The Balaban J connectivity index is 1.63. The van der Waals surface area contributed by atoms with Crippen LogP contribution in [0.3, 0.4) is 0 Å². The fraction of sp³-hybridized carbons (Fsp3) is 0.474. The molecule has 29 heavy (non-hydrogen) atoms. The number of hydrogen-bond donors (Lipinski definition) is 3. The lowest BCUT2D eigenvalue weighted by Gasteiger charge is -2.36. The first kappa shape index (κ1) is 19.4. The van der Waals surface area contributed by atoms with Gasteiger partial charge in [-0.25, -0.2) is 15.0 Å². The third kappa shape index (κ3) is 4.12. The van der Waals surface area contributed by atoms with E-state index in [2.05, 4.69) is 36.7 Å². The highest BCUT2D eigenvalue weighted by molar-refractivity contribution is 6.36. The molecule has 0 spiro atoms. The summed E-state index contributed by atoms with van der Waals surface area (Å²) >= 11 is 0. The van der Waals surface area contributed by atoms with Gasteiger partial charge in [0.1, 0.15) is 19.5 Å². The van der Waals surface area contributed by atoms with Crippen LogP contribution in [0.15, 0.2) is 24.7 Å². The van der Waals surface area contributed by atoms with Crippen LogP contribution >= 0.6 is 0 Å². The predicted molar refractivity (Wildman–Crippen MR) is 117 cm³/mol. The van der Waals surface area contributed by atoms with Gasteiger partial charge in [-0.05, 0) is 31.1 Å². The molecule has 3 aromatic heterocycles. The van der Waals surface area contributed by atoms with Gasteiger partial charge in [0.05, 0.1) is 0 Å². The summed E-state index contributed by atoms with van der Waals surface area (Å²) in [5.74, 6) is 2.41. The highest BCUT2D eigenvalue weighted by Crippen LogP contribution is 2.27. The van der Waals surface area contributed by atoms with Crippen LogP contribution in [0.4, 0.5) is 17.6 Å². The lowest BCUT2D eigenvalue weighted by molar-refractivity contribution is 0.262. The van der Waals surface area contributed by atoms with Crippen LogP contribution < -0.4 is 21.0 Å². The van der Waals surface area contributed by atoms with E-state index >= 15 is 0 Å². The van der Waals surface area contributed by atoms with Crippen molar-refractivity contribution in [2.45, 2.75) is 38.3 Å². The first-order valence-electron chi connectivity index (χ1n) is 10.1. The summed E-state index contributed by atoms with van der Waals surface area (Å²) in [6, 6.07) is 2.38. The van der Waals surface area contributed by atoms with E-state index in [0.29, 0.717) is 18.5 Å². The van der Waals surface area contributed by atoms with Gasteiger partial charge in [0.15, 0.2) is 5.65 Å². The molecule has 0 amide bonds. The number of rotatable bonds is 7. The van der Waals surface area contributed by atoms with Gasteiger partial charge in [0.2, 0.25) is 5.95 Å². The molecule has 1 atom stereocenters. The van der Waals surface area contributed by atoms with Gasteiger partial charge in [0.25, 0.3) is 0 Å². The van der Waals surface area contributed by atoms with Gasteiger partial charge in [-0.15, -0.1) is 0 Å². The van der Waals surface area contributed by atoms with Gasteiger partial charge in [0, 0.05) is 63.0 Å². The molecule has 0 radical (unpaired) electrons. The first-order valence-corrected chi connectivity index (χ1v) is 10.1. The summed E-state index contributed by atoms with van der Waals surface area (Å²) < 4.78 is 1.84. The molecule has 0 aromatic carbocycles. The summed E-state index contributed by atoms with van der Waals surface area (Å²) in [5.41, 5.74) is 2.86. The Morgan fingerprint density at radius 2 is 2.07 bits per heavy atom. The Morgan fingerprint density at radius 3 is 2.83 bits per heavy atom. The fourth-order valence-corrected chi connectivity index (χ4v) is 3.85. The maximum absolute atomic E-state index is 9.48. The minimum absolute atomic E-state index is 0.197. The maximum Gasteiger partial charge on any atom is 0.222 e. The minimum atomic E-state index is 0.197. The van der Waals surface area contributed by atoms with Crippen molar-refractivity contribution in [1.29, 1.82) is 0 Å². The van der Waals surface area contributed by atoms with Gasteiger partial charge in [-0.2, -0.15) is 9.61 Å². The number of aliphatic hydroxyl groups excluding tert-OH is 1. The Kier molecular flexibility index (Phi) is 5.80. The molecule has 0 unspecified atom stereocenters. The molecule has 4 heterocycles. The zero-order chi connectivity index (χ0) is 20.2. The number of nitrogens with one attached hydrogen (secondary N) is 2. The van der Waals surface area contributed by atoms with Crippen LogP contribution in [0.25, 0.3) is 5.65 Å². The Morgan fingerprint density at radius 1 is 1.24 bits per heavy atom. The van der Waals surface area contributed by atoms with Crippen molar-refractivity contribution in [3.63, 3.8) is 0 Å². The Bertz CT molecular complexity index is 959. The number of nitrogens with zero attached hydrogens (tertiary/aromatic N) is 6. The zero-order valence-corrected chi connectivity index (χ0v) is 17.0. The average molecular weight is 394 g/mol. The SMILES string of the molecule is Bc1cnn2c(NCc3cnc(NC)nc3)cc(N3CCCC[C@H]3CCO)nc12. The van der Waals surface area contributed by atoms with Crippen molar-refractivity contribution >= 4 is 36.5 Å². The van der Waals surface area contributed by atoms with Crippen molar-refractivity contribution in [2.75, 3.05) is 35.7 Å². The van der Waals surface area contributed by atoms with Crippen LogP contribution in [0, 0.1) is 0 Å². The van der Waals surface area contributed by atoms with Crippen LogP contribution in [0.1, 0.15) is 31.2 Å². The van der Waals surface area contributed by atoms with E-state index in [9.17, 15) is 5.11 Å². The van der Waals surface area contributed by atoms with E-state index in [-0.39, 0.29) is 6.61 Å². The van der Waals surface area contributed by atoms with Crippen molar-refractivity contribution in [2.24, 2.45) is 0 Å². The zero-order valence-electron chi connectivity index (χ0n) is 17.0. The summed E-state index contributed by atoms with van der Waals surface area (Å²) in [7, 11) is 3.82. The minimum Gasteiger partial charge on any atom is -0.396 e. The van der Waals surface area contributed by atoms with Crippen LogP contribution in [-0.4, -0.2) is 63.8 Å². The molecule has 0 aliphatic carbocycles. The maximum atomic E-state index is 9.48. The third-order valence-electron chi connectivity index (χ3n) is 5.42. The van der Waals surface area contributed by atoms with Crippen LogP contribution in [0.5, 0.6) is 0 Å². The number of hydrogen-bond acceptors (Lipinski definition) is 8. The van der Waals surface area contributed by atoms with Gasteiger partial charge < -0.3 is 20.6 Å². The fourth-order valence-electron chi connectivity index (χ4n) is 3.85. The van der Waals surface area contributed by atoms with Crippen molar-refractivity contribution in [3.05, 3.63) is 30.2 Å². The number of aromatic nitrogens is 5. The van der Waals surface area contributed by atoms with E-state index in [1.54, 1.807) is 19.4 Å². The second-order valence-electron chi connectivity index (χ2n) is 7.44. The van der Waals surface area contributed by atoms with Crippen molar-refractivity contribution in [3.8, 4) is 0 Å². The van der Waals surface area contributed by atoms with Crippen molar-refractivity contribution < 1.29 is 5.11 Å². The lowest BCUT2D eigenvalue weighted by Crippen LogP contribution is -2.40. The molecule has 1 fully saturated rings. The summed E-state index contributed by atoms with van der Waals surface area (Å²) in [5, 5.41) is 20.4. The Labute approximate surface area is 171 Å². The standard InChI is InChI=1S/C19H27BN8O/c1-21-19-23-10-13(11-24-19)9-22-16-8-17(26-18-15(20)12-25-28(16)18)27-6-3-2-4-14(27)5-7-29/h8,10-12,14,22,29H,2-7,9,20H2,1H3,(H,21,23,24)/t14-/m0/s1. The smallest absolute Gasteiger partial charge is 0.222 e. The molecule has 1 aliphatic rings. The predicted octanol–water partition coefficient (Wildman–Crippen LogP) is 0.173. The largest absolute Gasteiger partial charge is 0.396 e.